The normalized spacial score (nSPS) is 11.6. The van der Waals surface area contributed by atoms with Crippen LogP contribution in [0, 0.1) is 5.92 Å². The molecular weight excluding hydrogens is 250 g/mol. The van der Waals surface area contributed by atoms with E-state index in [0.717, 1.165) is 4.88 Å². The summed E-state index contributed by atoms with van der Waals surface area (Å²) in [5.74, 6) is 0.630. The summed E-state index contributed by atoms with van der Waals surface area (Å²) in [6, 6.07) is 3.91. The molecule has 1 rings (SSSR count). The van der Waals surface area contributed by atoms with Crippen LogP contribution in [0.4, 0.5) is 0 Å². The van der Waals surface area contributed by atoms with Crippen LogP contribution in [0.1, 0.15) is 25.1 Å². The van der Waals surface area contributed by atoms with Gasteiger partial charge in [0, 0.05) is 11.3 Å². The lowest BCUT2D eigenvalue weighted by Gasteiger charge is -2.05. The predicted molar refractivity (Wildman–Crippen MR) is 73.2 cm³/mol. The molecule has 6 heteroatoms. The molecule has 0 saturated carbocycles. The van der Waals surface area contributed by atoms with Crippen LogP contribution in [0.3, 0.4) is 0 Å². The van der Waals surface area contributed by atoms with Crippen molar-refractivity contribution in [2.75, 3.05) is 6.61 Å². The van der Waals surface area contributed by atoms with Gasteiger partial charge in [-0.05, 0) is 17.4 Å². The van der Waals surface area contributed by atoms with Crippen molar-refractivity contribution in [2.24, 2.45) is 16.8 Å². The van der Waals surface area contributed by atoms with Gasteiger partial charge < -0.3 is 15.9 Å². The van der Waals surface area contributed by atoms with Crippen molar-refractivity contribution >= 4 is 23.1 Å². The van der Waals surface area contributed by atoms with Gasteiger partial charge in [-0.1, -0.05) is 25.1 Å². The third kappa shape index (κ3) is 6.24. The number of thiophene rings is 1. The molecule has 0 aromatic carbocycles. The third-order valence-electron chi connectivity index (χ3n) is 2.03. The molecule has 0 spiro atoms. The molecule has 0 bridgehead atoms. The summed E-state index contributed by atoms with van der Waals surface area (Å²) in [4.78, 5) is 17.4. The standard InChI is InChI=1S/C12H19N3O2S/c1-9(2)6-11(13)15-17-8-12(16)14-7-10-4-3-5-18-10/h3-5,9H,6-8H2,1-2H3,(H2,13,15)(H,14,16). The number of amides is 1. The molecule has 18 heavy (non-hydrogen) atoms. The number of carbonyl (C=O) groups is 1. The van der Waals surface area contributed by atoms with Crippen LogP contribution in [-0.4, -0.2) is 18.3 Å². The smallest absolute Gasteiger partial charge is 0.261 e. The average molecular weight is 269 g/mol. The molecule has 0 fully saturated rings. The maximum atomic E-state index is 11.4. The molecule has 1 aromatic rings. The molecule has 5 nitrogen and oxygen atoms in total. The summed E-state index contributed by atoms with van der Waals surface area (Å²) in [6.07, 6.45) is 0.664. The second-order valence-electron chi connectivity index (χ2n) is 4.31. The highest BCUT2D eigenvalue weighted by atomic mass is 32.1. The Hall–Kier alpha value is -1.56. The minimum absolute atomic E-state index is 0.107. The minimum atomic E-state index is -0.204. The first-order chi connectivity index (χ1) is 8.58. The first-order valence-corrected chi connectivity index (χ1v) is 6.69. The van der Waals surface area contributed by atoms with Gasteiger partial charge in [0.05, 0.1) is 6.54 Å². The van der Waals surface area contributed by atoms with Gasteiger partial charge in [-0.2, -0.15) is 0 Å². The monoisotopic (exact) mass is 269 g/mol. The minimum Gasteiger partial charge on any atom is -0.384 e. The Labute approximate surface area is 111 Å². The largest absolute Gasteiger partial charge is 0.384 e. The Morgan fingerprint density at radius 3 is 3.00 bits per heavy atom. The molecule has 0 aliphatic rings. The van der Waals surface area contributed by atoms with Gasteiger partial charge in [0.1, 0.15) is 5.84 Å². The topological polar surface area (TPSA) is 76.7 Å². The summed E-state index contributed by atoms with van der Waals surface area (Å²) in [6.45, 7) is 4.49. The van der Waals surface area contributed by atoms with E-state index in [1.54, 1.807) is 11.3 Å². The quantitative estimate of drug-likeness (QED) is 0.449. The maximum absolute atomic E-state index is 11.4. The lowest BCUT2D eigenvalue weighted by molar-refractivity contribution is -0.125. The fraction of sp³-hybridized carbons (Fsp3) is 0.500. The first kappa shape index (κ1) is 14.5. The predicted octanol–water partition coefficient (Wildman–Crippen LogP) is 1.70. The summed E-state index contributed by atoms with van der Waals surface area (Å²) in [7, 11) is 0. The van der Waals surface area contributed by atoms with Crippen molar-refractivity contribution in [3.63, 3.8) is 0 Å². The van der Waals surface area contributed by atoms with Gasteiger partial charge in [0.2, 0.25) is 0 Å². The van der Waals surface area contributed by atoms with Crippen molar-refractivity contribution in [3.8, 4) is 0 Å². The number of rotatable bonds is 7. The number of nitrogens with zero attached hydrogens (tertiary/aromatic N) is 1. The van der Waals surface area contributed by atoms with Crippen LogP contribution in [-0.2, 0) is 16.2 Å². The fourth-order valence-corrected chi connectivity index (χ4v) is 1.92. The van der Waals surface area contributed by atoms with Crippen LogP contribution in [0.5, 0.6) is 0 Å². The Morgan fingerprint density at radius 1 is 1.61 bits per heavy atom. The van der Waals surface area contributed by atoms with Crippen molar-refractivity contribution in [1.82, 2.24) is 5.32 Å². The zero-order valence-electron chi connectivity index (χ0n) is 10.7. The van der Waals surface area contributed by atoms with E-state index in [-0.39, 0.29) is 12.5 Å². The molecule has 0 aliphatic heterocycles. The van der Waals surface area contributed by atoms with Crippen molar-refractivity contribution in [1.29, 1.82) is 0 Å². The van der Waals surface area contributed by atoms with E-state index in [2.05, 4.69) is 10.5 Å². The van der Waals surface area contributed by atoms with E-state index in [0.29, 0.717) is 24.7 Å². The highest BCUT2D eigenvalue weighted by Gasteiger charge is 2.03. The summed E-state index contributed by atoms with van der Waals surface area (Å²) in [5, 5.41) is 8.39. The van der Waals surface area contributed by atoms with Gasteiger partial charge in [-0.15, -0.1) is 11.3 Å². The molecule has 0 unspecified atom stereocenters. The molecule has 1 heterocycles. The lowest BCUT2D eigenvalue weighted by Crippen LogP contribution is -2.26. The van der Waals surface area contributed by atoms with Gasteiger partial charge >= 0.3 is 0 Å². The molecule has 0 aliphatic carbocycles. The van der Waals surface area contributed by atoms with E-state index in [1.165, 1.54) is 0 Å². The Balaban J connectivity index is 2.17. The number of carbonyl (C=O) groups excluding carboxylic acids is 1. The van der Waals surface area contributed by atoms with E-state index in [4.69, 9.17) is 10.6 Å². The molecule has 0 atom stereocenters. The molecule has 0 saturated heterocycles. The highest BCUT2D eigenvalue weighted by Crippen LogP contribution is 2.07. The van der Waals surface area contributed by atoms with Gasteiger partial charge in [0.25, 0.3) is 5.91 Å². The second-order valence-corrected chi connectivity index (χ2v) is 5.34. The zero-order valence-corrected chi connectivity index (χ0v) is 11.5. The average Bonchev–Trinajstić information content (AvgIpc) is 2.78. The van der Waals surface area contributed by atoms with Gasteiger partial charge in [0.15, 0.2) is 6.61 Å². The van der Waals surface area contributed by atoms with E-state index >= 15 is 0 Å². The number of hydrogen-bond donors (Lipinski definition) is 2. The second kappa shape index (κ2) is 7.71. The van der Waals surface area contributed by atoms with Crippen LogP contribution >= 0.6 is 11.3 Å². The van der Waals surface area contributed by atoms with Crippen molar-refractivity contribution < 1.29 is 9.63 Å². The van der Waals surface area contributed by atoms with Crippen molar-refractivity contribution in [3.05, 3.63) is 22.4 Å². The molecular formula is C12H19N3O2S. The van der Waals surface area contributed by atoms with Crippen LogP contribution in [0.2, 0.25) is 0 Å². The fourth-order valence-electron chi connectivity index (χ4n) is 1.28. The van der Waals surface area contributed by atoms with Crippen LogP contribution in [0.15, 0.2) is 22.7 Å². The van der Waals surface area contributed by atoms with E-state index < -0.39 is 0 Å². The van der Waals surface area contributed by atoms with Gasteiger partial charge in [-0.3, -0.25) is 4.79 Å². The Kier molecular flexibility index (Phi) is 6.21. The first-order valence-electron chi connectivity index (χ1n) is 5.81. The van der Waals surface area contributed by atoms with Gasteiger partial charge in [-0.25, -0.2) is 0 Å². The number of nitrogens with one attached hydrogen (secondary N) is 1. The highest BCUT2D eigenvalue weighted by molar-refractivity contribution is 7.09. The third-order valence-corrected chi connectivity index (χ3v) is 2.91. The van der Waals surface area contributed by atoms with Crippen molar-refractivity contribution in [2.45, 2.75) is 26.8 Å². The Bertz CT molecular complexity index is 388. The summed E-state index contributed by atoms with van der Waals surface area (Å²) >= 11 is 1.60. The number of hydrogen-bond acceptors (Lipinski definition) is 4. The summed E-state index contributed by atoms with van der Waals surface area (Å²) in [5.41, 5.74) is 5.61. The molecule has 0 radical (unpaired) electrons. The molecule has 100 valence electrons. The van der Waals surface area contributed by atoms with E-state index in [9.17, 15) is 4.79 Å². The zero-order chi connectivity index (χ0) is 13.4. The summed E-state index contributed by atoms with van der Waals surface area (Å²) < 4.78 is 0. The number of nitrogens with two attached hydrogens (primary N) is 1. The lowest BCUT2D eigenvalue weighted by atomic mass is 10.1. The Morgan fingerprint density at radius 2 is 2.39 bits per heavy atom. The molecule has 1 amide bonds. The van der Waals surface area contributed by atoms with Crippen LogP contribution in [0.25, 0.3) is 0 Å². The molecule has 1 aromatic heterocycles. The molecule has 3 N–H and O–H groups in total. The SMILES string of the molecule is CC(C)CC(N)=NOCC(=O)NCc1cccs1. The number of oxime groups is 1. The van der Waals surface area contributed by atoms with E-state index in [1.807, 2.05) is 31.4 Å². The number of amidine groups is 1. The maximum Gasteiger partial charge on any atom is 0.261 e. The van der Waals surface area contributed by atoms with Crippen LogP contribution < -0.4 is 11.1 Å².